The van der Waals surface area contributed by atoms with Crippen LogP contribution in [0.4, 0.5) is 8.78 Å². The number of rotatable bonds is 9. The van der Waals surface area contributed by atoms with E-state index in [2.05, 4.69) is 28.8 Å². The van der Waals surface area contributed by atoms with E-state index in [4.69, 9.17) is 0 Å². The molecule has 0 spiro atoms. The van der Waals surface area contributed by atoms with Crippen LogP contribution in [-0.2, 0) is 26.2 Å². The molecule has 0 atom stereocenters. The normalized spacial score (nSPS) is 13.6. The van der Waals surface area contributed by atoms with Crippen LogP contribution in [0.3, 0.4) is 0 Å². The van der Waals surface area contributed by atoms with Gasteiger partial charge in [0.25, 0.3) is 0 Å². The summed E-state index contributed by atoms with van der Waals surface area (Å²) in [5.74, 6) is 0.287. The Morgan fingerprint density at radius 3 is 1.41 bits per heavy atom. The van der Waals surface area contributed by atoms with E-state index >= 15 is 0 Å². The standard InChI is InChI=1S/C25H26F2N2/c26-24-7-1-18(2-8-24)14-28-16-20-11-21(13-23(12-20)22-5-6-22)17-29-15-19-3-9-25(27)10-4-19/h1-4,7-13,22,28-29H,5-6,14-17H2. The number of nitrogens with one attached hydrogen (secondary N) is 2. The van der Waals surface area contributed by atoms with Crippen LogP contribution >= 0.6 is 0 Å². The molecule has 4 heteroatoms. The van der Waals surface area contributed by atoms with Gasteiger partial charge in [-0.1, -0.05) is 42.5 Å². The summed E-state index contributed by atoms with van der Waals surface area (Å²) in [6.07, 6.45) is 2.55. The first-order valence-electron chi connectivity index (χ1n) is 10.2. The number of hydrogen-bond donors (Lipinski definition) is 2. The molecule has 2 N–H and O–H groups in total. The summed E-state index contributed by atoms with van der Waals surface area (Å²) in [5, 5.41) is 6.92. The molecule has 0 bridgehead atoms. The van der Waals surface area contributed by atoms with Gasteiger partial charge >= 0.3 is 0 Å². The fourth-order valence-electron chi connectivity index (χ4n) is 3.55. The van der Waals surface area contributed by atoms with Crippen LogP contribution in [-0.4, -0.2) is 0 Å². The van der Waals surface area contributed by atoms with Gasteiger partial charge in [-0.05, 0) is 70.8 Å². The third kappa shape index (κ3) is 5.96. The van der Waals surface area contributed by atoms with E-state index in [-0.39, 0.29) is 11.6 Å². The van der Waals surface area contributed by atoms with Gasteiger partial charge in [-0.2, -0.15) is 0 Å². The molecular weight excluding hydrogens is 366 g/mol. The Kier molecular flexibility index (Phi) is 6.33. The van der Waals surface area contributed by atoms with Crippen LogP contribution in [0.15, 0.2) is 66.7 Å². The zero-order valence-electron chi connectivity index (χ0n) is 16.4. The predicted molar refractivity (Wildman–Crippen MR) is 112 cm³/mol. The van der Waals surface area contributed by atoms with Gasteiger partial charge in [0.15, 0.2) is 0 Å². The molecule has 1 aliphatic carbocycles. The van der Waals surface area contributed by atoms with Crippen LogP contribution in [0.1, 0.15) is 46.6 Å². The maximum atomic E-state index is 13.0. The van der Waals surface area contributed by atoms with E-state index in [0.717, 1.165) is 24.2 Å². The monoisotopic (exact) mass is 392 g/mol. The van der Waals surface area contributed by atoms with Crippen LogP contribution in [0.25, 0.3) is 0 Å². The second-order valence-corrected chi connectivity index (χ2v) is 7.82. The molecule has 29 heavy (non-hydrogen) atoms. The molecule has 0 heterocycles. The molecule has 0 saturated heterocycles. The quantitative estimate of drug-likeness (QED) is 0.508. The fraction of sp³-hybridized carbons (Fsp3) is 0.280. The highest BCUT2D eigenvalue weighted by Gasteiger charge is 2.24. The Labute approximate surface area is 171 Å². The minimum atomic E-state index is -0.205. The first-order valence-corrected chi connectivity index (χ1v) is 10.2. The lowest BCUT2D eigenvalue weighted by Crippen LogP contribution is -2.15. The summed E-state index contributed by atoms with van der Waals surface area (Å²) < 4.78 is 26.1. The van der Waals surface area contributed by atoms with Crippen molar-refractivity contribution in [1.82, 2.24) is 10.6 Å². The summed E-state index contributed by atoms with van der Waals surface area (Å²) in [7, 11) is 0. The van der Waals surface area contributed by atoms with Gasteiger partial charge in [-0.15, -0.1) is 0 Å². The van der Waals surface area contributed by atoms with E-state index < -0.39 is 0 Å². The van der Waals surface area contributed by atoms with Crippen LogP contribution in [0, 0.1) is 11.6 Å². The minimum absolute atomic E-state index is 0.205. The third-order valence-corrected chi connectivity index (χ3v) is 5.27. The zero-order valence-corrected chi connectivity index (χ0v) is 16.4. The van der Waals surface area contributed by atoms with Crippen molar-refractivity contribution >= 4 is 0 Å². The molecular formula is C25H26F2N2. The van der Waals surface area contributed by atoms with E-state index in [1.165, 1.54) is 53.8 Å². The number of benzene rings is 3. The molecule has 150 valence electrons. The van der Waals surface area contributed by atoms with Gasteiger partial charge in [0.05, 0.1) is 0 Å². The van der Waals surface area contributed by atoms with Gasteiger partial charge < -0.3 is 10.6 Å². The highest BCUT2D eigenvalue weighted by molar-refractivity contribution is 5.34. The van der Waals surface area contributed by atoms with E-state index in [1.54, 1.807) is 0 Å². The van der Waals surface area contributed by atoms with Crippen molar-refractivity contribution in [3.8, 4) is 0 Å². The van der Waals surface area contributed by atoms with Crippen LogP contribution in [0.5, 0.6) is 0 Å². The molecule has 0 aromatic heterocycles. The van der Waals surface area contributed by atoms with E-state index in [1.807, 2.05) is 24.3 Å². The summed E-state index contributed by atoms with van der Waals surface area (Å²) in [6, 6.07) is 20.1. The van der Waals surface area contributed by atoms with E-state index in [0.29, 0.717) is 19.0 Å². The van der Waals surface area contributed by atoms with Crippen molar-refractivity contribution in [2.75, 3.05) is 0 Å². The maximum Gasteiger partial charge on any atom is 0.123 e. The smallest absolute Gasteiger partial charge is 0.123 e. The topological polar surface area (TPSA) is 24.1 Å². The van der Waals surface area contributed by atoms with Crippen LogP contribution in [0.2, 0.25) is 0 Å². The second kappa shape index (κ2) is 9.29. The first kappa shape index (κ1) is 19.7. The summed E-state index contributed by atoms with van der Waals surface area (Å²) in [5.41, 5.74) is 6.12. The zero-order chi connectivity index (χ0) is 20.1. The highest BCUT2D eigenvalue weighted by atomic mass is 19.1. The number of hydrogen-bond acceptors (Lipinski definition) is 2. The molecule has 0 amide bonds. The van der Waals surface area contributed by atoms with Crippen molar-refractivity contribution in [2.24, 2.45) is 0 Å². The lowest BCUT2D eigenvalue weighted by Gasteiger charge is -2.12. The van der Waals surface area contributed by atoms with Gasteiger partial charge in [-0.3, -0.25) is 0 Å². The molecule has 1 aliphatic rings. The van der Waals surface area contributed by atoms with Crippen molar-refractivity contribution in [3.05, 3.63) is 106 Å². The molecule has 2 nitrogen and oxygen atoms in total. The molecule has 3 aromatic rings. The Hall–Kier alpha value is -2.56. The Balaban J connectivity index is 1.35. The first-order chi connectivity index (χ1) is 14.2. The van der Waals surface area contributed by atoms with Crippen molar-refractivity contribution in [1.29, 1.82) is 0 Å². The van der Waals surface area contributed by atoms with Crippen molar-refractivity contribution < 1.29 is 8.78 Å². The van der Waals surface area contributed by atoms with Crippen LogP contribution < -0.4 is 10.6 Å². The van der Waals surface area contributed by atoms with Gasteiger partial charge in [0.2, 0.25) is 0 Å². The molecule has 3 aromatic carbocycles. The SMILES string of the molecule is Fc1ccc(CNCc2cc(CNCc3ccc(F)cc3)cc(C3CC3)c2)cc1. The van der Waals surface area contributed by atoms with Crippen molar-refractivity contribution in [3.63, 3.8) is 0 Å². The lowest BCUT2D eigenvalue weighted by atomic mass is 10.0. The predicted octanol–water partition coefficient (Wildman–Crippen LogP) is 5.42. The fourth-order valence-corrected chi connectivity index (χ4v) is 3.55. The van der Waals surface area contributed by atoms with Gasteiger partial charge in [0.1, 0.15) is 11.6 Å². The molecule has 4 rings (SSSR count). The summed E-state index contributed by atoms with van der Waals surface area (Å²) >= 11 is 0. The summed E-state index contributed by atoms with van der Waals surface area (Å²) in [4.78, 5) is 0. The average Bonchev–Trinajstić information content (AvgIpc) is 3.56. The van der Waals surface area contributed by atoms with Gasteiger partial charge in [0, 0.05) is 26.2 Å². The van der Waals surface area contributed by atoms with Crippen molar-refractivity contribution in [2.45, 2.75) is 44.9 Å². The molecule has 0 radical (unpaired) electrons. The Morgan fingerprint density at radius 2 is 1.00 bits per heavy atom. The lowest BCUT2D eigenvalue weighted by molar-refractivity contribution is 0.624. The maximum absolute atomic E-state index is 13.0. The largest absolute Gasteiger partial charge is 0.309 e. The molecule has 0 unspecified atom stereocenters. The summed E-state index contributed by atoms with van der Waals surface area (Å²) in [6.45, 7) is 2.99. The Morgan fingerprint density at radius 1 is 0.586 bits per heavy atom. The van der Waals surface area contributed by atoms with Gasteiger partial charge in [-0.25, -0.2) is 8.78 Å². The Bertz CT molecular complexity index is 862. The minimum Gasteiger partial charge on any atom is -0.309 e. The number of halogens is 2. The third-order valence-electron chi connectivity index (χ3n) is 5.27. The average molecular weight is 392 g/mol. The molecule has 1 saturated carbocycles. The second-order valence-electron chi connectivity index (χ2n) is 7.82. The highest BCUT2D eigenvalue weighted by Crippen LogP contribution is 2.40. The molecule has 1 fully saturated rings. The molecule has 0 aliphatic heterocycles. The van der Waals surface area contributed by atoms with E-state index in [9.17, 15) is 8.78 Å².